The molecule has 3 heteroatoms. The molecule has 1 heterocycles. The number of pyridine rings is 1. The topological polar surface area (TPSA) is 38.9 Å². The molecule has 1 aromatic heterocycles. The Bertz CT molecular complexity index is 248. The van der Waals surface area contributed by atoms with Crippen LogP contribution in [0.5, 0.6) is 0 Å². The van der Waals surface area contributed by atoms with Gasteiger partial charge in [-0.2, -0.15) is 4.39 Å². The van der Waals surface area contributed by atoms with E-state index in [1.807, 2.05) is 13.8 Å². The van der Waals surface area contributed by atoms with Crippen LogP contribution in [0, 0.1) is 5.95 Å². The van der Waals surface area contributed by atoms with Crippen LogP contribution in [0.25, 0.3) is 0 Å². The lowest BCUT2D eigenvalue weighted by molar-refractivity contribution is 0.513. The fraction of sp³-hybridized carbons (Fsp3) is 0.444. The second-order valence-corrected chi connectivity index (χ2v) is 3.65. The Morgan fingerprint density at radius 3 is 2.58 bits per heavy atom. The lowest BCUT2D eigenvalue weighted by Gasteiger charge is -2.17. The van der Waals surface area contributed by atoms with Crippen LogP contribution < -0.4 is 5.73 Å². The van der Waals surface area contributed by atoms with Gasteiger partial charge in [-0.1, -0.05) is 6.07 Å². The highest BCUT2D eigenvalue weighted by molar-refractivity contribution is 5.12. The summed E-state index contributed by atoms with van der Waals surface area (Å²) in [7, 11) is 0. The van der Waals surface area contributed by atoms with Crippen LogP contribution in [0.2, 0.25) is 0 Å². The summed E-state index contributed by atoms with van der Waals surface area (Å²) in [6, 6.07) is 3.05. The summed E-state index contributed by atoms with van der Waals surface area (Å²) < 4.78 is 12.4. The Morgan fingerprint density at radius 1 is 1.50 bits per heavy atom. The summed E-state index contributed by atoms with van der Waals surface area (Å²) in [5, 5.41) is 0. The van der Waals surface area contributed by atoms with Gasteiger partial charge in [0, 0.05) is 11.7 Å². The summed E-state index contributed by atoms with van der Waals surface area (Å²) in [6.45, 7) is 3.85. The predicted molar refractivity (Wildman–Crippen MR) is 46.2 cm³/mol. The van der Waals surface area contributed by atoms with Gasteiger partial charge in [0.05, 0.1) is 0 Å². The van der Waals surface area contributed by atoms with Crippen molar-refractivity contribution in [3.8, 4) is 0 Å². The lowest BCUT2D eigenvalue weighted by atomic mass is 9.98. The zero-order valence-electron chi connectivity index (χ0n) is 7.34. The Labute approximate surface area is 71.6 Å². The maximum atomic E-state index is 12.4. The molecule has 0 unspecified atom stereocenters. The van der Waals surface area contributed by atoms with Gasteiger partial charge in [0.2, 0.25) is 5.95 Å². The predicted octanol–water partition coefficient (Wildman–Crippen LogP) is 1.50. The average Bonchev–Trinajstić information content (AvgIpc) is 1.91. The standard InChI is InChI=1S/C9H13FN2/c1-9(2,11)5-7-3-4-8(10)12-6-7/h3-4,6H,5,11H2,1-2H3. The van der Waals surface area contributed by atoms with Gasteiger partial charge in [-0.25, -0.2) is 4.98 Å². The van der Waals surface area contributed by atoms with E-state index in [4.69, 9.17) is 5.73 Å². The van der Waals surface area contributed by atoms with Crippen molar-refractivity contribution >= 4 is 0 Å². The quantitative estimate of drug-likeness (QED) is 0.680. The summed E-state index contributed by atoms with van der Waals surface area (Å²) in [5.74, 6) is -0.450. The molecule has 0 spiro atoms. The second kappa shape index (κ2) is 3.19. The minimum absolute atomic E-state index is 0.264. The van der Waals surface area contributed by atoms with E-state index in [1.165, 1.54) is 12.3 Å². The Morgan fingerprint density at radius 2 is 2.17 bits per heavy atom. The van der Waals surface area contributed by atoms with E-state index in [2.05, 4.69) is 4.98 Å². The average molecular weight is 168 g/mol. The maximum Gasteiger partial charge on any atom is 0.212 e. The summed E-state index contributed by atoms with van der Waals surface area (Å²) in [4.78, 5) is 3.54. The number of hydrogen-bond acceptors (Lipinski definition) is 2. The molecule has 0 saturated carbocycles. The molecule has 0 saturated heterocycles. The molecule has 0 radical (unpaired) electrons. The number of nitrogens with two attached hydrogens (primary N) is 1. The third kappa shape index (κ3) is 2.96. The first-order chi connectivity index (χ1) is 5.47. The monoisotopic (exact) mass is 168 g/mol. The summed E-state index contributed by atoms with van der Waals surface area (Å²) in [6.07, 6.45) is 2.23. The van der Waals surface area contributed by atoms with E-state index in [-0.39, 0.29) is 5.54 Å². The first kappa shape index (κ1) is 9.13. The number of nitrogens with zero attached hydrogens (tertiary/aromatic N) is 1. The molecule has 0 bridgehead atoms. The Kier molecular flexibility index (Phi) is 2.43. The van der Waals surface area contributed by atoms with Crippen LogP contribution in [0.1, 0.15) is 19.4 Å². The number of rotatable bonds is 2. The molecular weight excluding hydrogens is 155 g/mol. The van der Waals surface area contributed by atoms with Crippen molar-refractivity contribution in [3.63, 3.8) is 0 Å². The fourth-order valence-electron chi connectivity index (χ4n) is 1.04. The molecule has 0 amide bonds. The molecule has 1 rings (SSSR count). The van der Waals surface area contributed by atoms with Crippen LogP contribution in [0.3, 0.4) is 0 Å². The number of hydrogen-bond donors (Lipinski definition) is 1. The van der Waals surface area contributed by atoms with E-state index < -0.39 is 5.95 Å². The van der Waals surface area contributed by atoms with E-state index in [9.17, 15) is 4.39 Å². The highest BCUT2D eigenvalue weighted by Gasteiger charge is 2.11. The summed E-state index contributed by atoms with van der Waals surface area (Å²) >= 11 is 0. The SMILES string of the molecule is CC(C)(N)Cc1ccc(F)nc1. The summed E-state index contributed by atoms with van der Waals surface area (Å²) in [5.41, 5.74) is 6.48. The van der Waals surface area contributed by atoms with Crippen LogP contribution in [-0.2, 0) is 6.42 Å². The number of aromatic nitrogens is 1. The van der Waals surface area contributed by atoms with Crippen LogP contribution >= 0.6 is 0 Å². The molecule has 2 nitrogen and oxygen atoms in total. The molecule has 12 heavy (non-hydrogen) atoms. The molecule has 0 aliphatic carbocycles. The Hall–Kier alpha value is -0.960. The molecule has 0 atom stereocenters. The van der Waals surface area contributed by atoms with Gasteiger partial charge >= 0.3 is 0 Å². The normalized spacial score (nSPS) is 11.7. The van der Waals surface area contributed by atoms with Gasteiger partial charge in [-0.3, -0.25) is 0 Å². The second-order valence-electron chi connectivity index (χ2n) is 3.65. The third-order valence-electron chi connectivity index (χ3n) is 1.45. The smallest absolute Gasteiger partial charge is 0.212 e. The highest BCUT2D eigenvalue weighted by Crippen LogP contribution is 2.08. The minimum atomic E-state index is -0.450. The van der Waals surface area contributed by atoms with Crippen LogP contribution in [-0.4, -0.2) is 10.5 Å². The zero-order valence-corrected chi connectivity index (χ0v) is 7.34. The van der Waals surface area contributed by atoms with Gasteiger partial charge in [0.1, 0.15) is 0 Å². The molecule has 1 aromatic rings. The van der Waals surface area contributed by atoms with Gasteiger partial charge in [-0.15, -0.1) is 0 Å². The van der Waals surface area contributed by atoms with Crippen molar-refractivity contribution in [1.82, 2.24) is 4.98 Å². The zero-order chi connectivity index (χ0) is 9.19. The van der Waals surface area contributed by atoms with Crippen molar-refractivity contribution in [2.45, 2.75) is 25.8 Å². The highest BCUT2D eigenvalue weighted by atomic mass is 19.1. The van der Waals surface area contributed by atoms with Crippen molar-refractivity contribution in [1.29, 1.82) is 0 Å². The molecule has 0 aromatic carbocycles. The third-order valence-corrected chi connectivity index (χ3v) is 1.45. The van der Waals surface area contributed by atoms with E-state index in [1.54, 1.807) is 6.07 Å². The fourth-order valence-corrected chi connectivity index (χ4v) is 1.04. The molecule has 0 aliphatic rings. The molecular formula is C9H13FN2. The van der Waals surface area contributed by atoms with Gasteiger partial charge < -0.3 is 5.73 Å². The lowest BCUT2D eigenvalue weighted by Crippen LogP contribution is -2.34. The number of halogens is 1. The first-order valence-corrected chi connectivity index (χ1v) is 3.87. The Balaban J connectivity index is 2.71. The van der Waals surface area contributed by atoms with Gasteiger partial charge in [0.15, 0.2) is 0 Å². The van der Waals surface area contributed by atoms with E-state index in [0.29, 0.717) is 6.42 Å². The van der Waals surface area contributed by atoms with Crippen molar-refractivity contribution in [3.05, 3.63) is 29.8 Å². The van der Waals surface area contributed by atoms with Crippen LogP contribution in [0.4, 0.5) is 4.39 Å². The van der Waals surface area contributed by atoms with Crippen molar-refractivity contribution < 1.29 is 4.39 Å². The molecule has 0 fully saturated rings. The van der Waals surface area contributed by atoms with Crippen molar-refractivity contribution in [2.24, 2.45) is 5.73 Å². The molecule has 2 N–H and O–H groups in total. The first-order valence-electron chi connectivity index (χ1n) is 3.87. The van der Waals surface area contributed by atoms with Gasteiger partial charge in [-0.05, 0) is 31.9 Å². The van der Waals surface area contributed by atoms with Crippen molar-refractivity contribution in [2.75, 3.05) is 0 Å². The maximum absolute atomic E-state index is 12.4. The molecule has 66 valence electrons. The van der Waals surface area contributed by atoms with Gasteiger partial charge in [0.25, 0.3) is 0 Å². The largest absolute Gasteiger partial charge is 0.325 e. The van der Waals surface area contributed by atoms with Crippen LogP contribution in [0.15, 0.2) is 18.3 Å². The van der Waals surface area contributed by atoms with E-state index in [0.717, 1.165) is 5.56 Å². The minimum Gasteiger partial charge on any atom is -0.325 e. The molecule has 0 aliphatic heterocycles. The van der Waals surface area contributed by atoms with E-state index >= 15 is 0 Å².